The van der Waals surface area contributed by atoms with Gasteiger partial charge in [-0.25, -0.2) is 9.78 Å². The summed E-state index contributed by atoms with van der Waals surface area (Å²) >= 11 is 0. The van der Waals surface area contributed by atoms with E-state index in [0.717, 1.165) is 12.1 Å². The van der Waals surface area contributed by atoms with Crippen LogP contribution >= 0.6 is 0 Å². The number of hydrogen-bond donors (Lipinski definition) is 3. The third kappa shape index (κ3) is 6.12. The van der Waals surface area contributed by atoms with Crippen LogP contribution in [0.25, 0.3) is 11.1 Å². The summed E-state index contributed by atoms with van der Waals surface area (Å²) in [6, 6.07) is 7.58. The Kier molecular flexibility index (Phi) is 6.70. The first-order valence-corrected chi connectivity index (χ1v) is 9.47. The van der Waals surface area contributed by atoms with Crippen LogP contribution in [-0.4, -0.2) is 38.5 Å². The van der Waals surface area contributed by atoms with Gasteiger partial charge in [-0.15, -0.1) is 13.2 Å². The topological polar surface area (TPSA) is 146 Å². The Balaban J connectivity index is 1.64. The highest BCUT2D eigenvalue weighted by Gasteiger charge is 2.31. The molecular weight excluding hydrogens is 447 g/mol. The van der Waals surface area contributed by atoms with E-state index in [1.165, 1.54) is 30.5 Å². The van der Waals surface area contributed by atoms with Crippen molar-refractivity contribution in [3.8, 4) is 16.9 Å². The quantitative estimate of drug-likeness (QED) is 0.243. The van der Waals surface area contributed by atoms with Crippen molar-refractivity contribution in [2.75, 3.05) is 17.6 Å². The number of ether oxygens (including phenoxy) is 1. The molecule has 0 spiro atoms. The number of pyridine rings is 1. The van der Waals surface area contributed by atoms with Gasteiger partial charge in [0.2, 0.25) is 5.82 Å². The molecule has 1 aromatic carbocycles. The molecule has 3 aromatic rings. The molecule has 10 nitrogen and oxygen atoms in total. The van der Waals surface area contributed by atoms with Gasteiger partial charge in [-0.2, -0.15) is 0 Å². The van der Waals surface area contributed by atoms with Gasteiger partial charge in [0.15, 0.2) is 0 Å². The number of aromatic carboxylic acids is 1. The number of aromatic nitrogens is 2. The van der Waals surface area contributed by atoms with Crippen molar-refractivity contribution in [3.05, 3.63) is 64.5 Å². The van der Waals surface area contributed by atoms with Crippen LogP contribution in [0.3, 0.4) is 0 Å². The summed E-state index contributed by atoms with van der Waals surface area (Å²) in [5, 5.41) is 23.2. The second-order valence-electron chi connectivity index (χ2n) is 6.84. The third-order valence-electron chi connectivity index (χ3n) is 4.51. The molecule has 33 heavy (non-hydrogen) atoms. The molecule has 0 radical (unpaired) electrons. The minimum atomic E-state index is -4.82. The van der Waals surface area contributed by atoms with Gasteiger partial charge in [0.25, 0.3) is 0 Å². The number of nitrogen functional groups attached to an aromatic ring is 1. The molecule has 0 aliphatic heterocycles. The fraction of sp³-hybridized carbons (Fsp3) is 0.200. The number of hydrogen-bond acceptors (Lipinski definition) is 7. The fourth-order valence-electron chi connectivity index (χ4n) is 3.07. The lowest BCUT2D eigenvalue weighted by atomic mass is 10.0. The summed E-state index contributed by atoms with van der Waals surface area (Å²) < 4.78 is 42.4. The van der Waals surface area contributed by atoms with Crippen molar-refractivity contribution in [1.82, 2.24) is 9.55 Å². The summed E-state index contributed by atoms with van der Waals surface area (Å²) in [6.45, 7) is 0.842. The van der Waals surface area contributed by atoms with E-state index in [1.54, 1.807) is 10.8 Å². The molecule has 174 valence electrons. The van der Waals surface area contributed by atoms with Crippen molar-refractivity contribution in [2.24, 2.45) is 0 Å². The Hall–Kier alpha value is -4.29. The first kappa shape index (κ1) is 23.4. The molecule has 3 rings (SSSR count). The molecule has 4 N–H and O–H groups in total. The van der Waals surface area contributed by atoms with Crippen LogP contribution in [0, 0.1) is 10.1 Å². The molecule has 0 aliphatic rings. The molecule has 2 aromatic heterocycles. The number of anilines is 2. The normalized spacial score (nSPS) is 11.2. The van der Waals surface area contributed by atoms with Gasteiger partial charge in [0.05, 0.1) is 10.5 Å². The number of rotatable bonds is 9. The van der Waals surface area contributed by atoms with Crippen molar-refractivity contribution < 1.29 is 32.7 Å². The van der Waals surface area contributed by atoms with Crippen LogP contribution in [-0.2, 0) is 6.54 Å². The van der Waals surface area contributed by atoms with Crippen molar-refractivity contribution in [3.63, 3.8) is 0 Å². The average Bonchev–Trinajstić information content (AvgIpc) is 3.15. The zero-order valence-corrected chi connectivity index (χ0v) is 16.9. The van der Waals surface area contributed by atoms with E-state index >= 15 is 0 Å². The highest BCUT2D eigenvalue weighted by Crippen LogP contribution is 2.29. The number of nitrogens with zero attached hydrogens (tertiary/aromatic N) is 3. The van der Waals surface area contributed by atoms with E-state index in [9.17, 15) is 33.2 Å². The molecule has 0 fully saturated rings. The molecule has 0 atom stereocenters. The van der Waals surface area contributed by atoms with Crippen LogP contribution in [0.1, 0.15) is 16.8 Å². The number of carboxylic acid groups (broad SMARTS) is 1. The Bertz CT molecular complexity index is 1160. The van der Waals surface area contributed by atoms with Gasteiger partial charge >= 0.3 is 18.0 Å². The van der Waals surface area contributed by atoms with Gasteiger partial charge in [-0.05, 0) is 30.2 Å². The molecule has 0 amide bonds. The van der Waals surface area contributed by atoms with Crippen LogP contribution < -0.4 is 15.8 Å². The minimum Gasteiger partial charge on any atom is -0.478 e. The number of carboxylic acids is 1. The fourth-order valence-corrected chi connectivity index (χ4v) is 3.07. The molecule has 0 aliphatic carbocycles. The Labute approximate surface area is 184 Å². The van der Waals surface area contributed by atoms with Gasteiger partial charge < -0.3 is 25.5 Å². The molecular formula is C20H18F3N5O5. The minimum absolute atomic E-state index is 0.00254. The van der Waals surface area contributed by atoms with E-state index in [-0.39, 0.29) is 17.1 Å². The van der Waals surface area contributed by atoms with Crippen LogP contribution in [0.2, 0.25) is 0 Å². The monoisotopic (exact) mass is 465 g/mol. The second-order valence-corrected chi connectivity index (χ2v) is 6.84. The number of nitrogens with one attached hydrogen (secondary N) is 1. The van der Waals surface area contributed by atoms with E-state index in [1.807, 2.05) is 0 Å². The maximum absolute atomic E-state index is 12.3. The van der Waals surface area contributed by atoms with Crippen LogP contribution in [0.15, 0.2) is 48.8 Å². The SMILES string of the molecule is Nc1nc(NCCCn2cc(C(=O)O)c(-c3ccc(OC(F)(F)F)cc3)c2)ccc1[N+](=O)[O-]. The molecule has 13 heteroatoms. The second kappa shape index (κ2) is 9.46. The highest BCUT2D eigenvalue weighted by atomic mass is 19.4. The van der Waals surface area contributed by atoms with E-state index in [4.69, 9.17) is 5.73 Å². The number of nitrogens with two attached hydrogens (primary N) is 1. The molecule has 0 bridgehead atoms. The lowest BCUT2D eigenvalue weighted by Gasteiger charge is -2.09. The maximum Gasteiger partial charge on any atom is 0.573 e. The van der Waals surface area contributed by atoms with Crippen molar-refractivity contribution >= 4 is 23.3 Å². The van der Waals surface area contributed by atoms with Crippen molar-refractivity contribution in [2.45, 2.75) is 19.3 Å². The molecule has 0 saturated heterocycles. The van der Waals surface area contributed by atoms with E-state index in [0.29, 0.717) is 36.5 Å². The number of benzene rings is 1. The van der Waals surface area contributed by atoms with Gasteiger partial charge in [0.1, 0.15) is 11.6 Å². The number of nitro groups is 1. The lowest BCUT2D eigenvalue weighted by Crippen LogP contribution is -2.16. The zero-order chi connectivity index (χ0) is 24.2. The Morgan fingerprint density at radius 3 is 2.48 bits per heavy atom. The zero-order valence-electron chi connectivity index (χ0n) is 16.9. The number of carbonyl (C=O) groups is 1. The predicted molar refractivity (Wildman–Crippen MR) is 112 cm³/mol. The summed E-state index contributed by atoms with van der Waals surface area (Å²) in [5.74, 6) is -1.44. The van der Waals surface area contributed by atoms with Gasteiger partial charge in [-0.1, -0.05) is 12.1 Å². The number of aryl methyl sites for hydroxylation is 1. The number of alkyl halides is 3. The van der Waals surface area contributed by atoms with Gasteiger partial charge in [-0.3, -0.25) is 10.1 Å². The first-order valence-electron chi connectivity index (χ1n) is 9.47. The molecule has 0 unspecified atom stereocenters. The molecule has 2 heterocycles. The summed E-state index contributed by atoms with van der Waals surface area (Å²) in [6.07, 6.45) is -1.25. The van der Waals surface area contributed by atoms with Crippen LogP contribution in [0.5, 0.6) is 5.75 Å². The summed E-state index contributed by atoms with van der Waals surface area (Å²) in [4.78, 5) is 25.7. The van der Waals surface area contributed by atoms with E-state index in [2.05, 4.69) is 15.0 Å². The van der Waals surface area contributed by atoms with Crippen LogP contribution in [0.4, 0.5) is 30.5 Å². The molecule has 0 saturated carbocycles. The van der Waals surface area contributed by atoms with E-state index < -0.39 is 23.0 Å². The Morgan fingerprint density at radius 2 is 1.91 bits per heavy atom. The lowest BCUT2D eigenvalue weighted by molar-refractivity contribution is -0.384. The number of halogens is 3. The van der Waals surface area contributed by atoms with Crippen molar-refractivity contribution in [1.29, 1.82) is 0 Å². The standard InChI is InChI=1S/C20H18F3N5O5/c21-20(22,23)33-13-4-2-12(3-5-13)14-10-27(11-15(14)19(29)30)9-1-8-25-17-7-6-16(28(31)32)18(24)26-17/h2-7,10-11H,1,8-9H2,(H,29,30)(H3,24,25,26). The average molecular weight is 465 g/mol. The predicted octanol–water partition coefficient (Wildman–Crippen LogP) is 4.14. The smallest absolute Gasteiger partial charge is 0.478 e. The highest BCUT2D eigenvalue weighted by molar-refractivity contribution is 5.96. The first-order chi connectivity index (χ1) is 15.5. The summed E-state index contributed by atoms with van der Waals surface area (Å²) in [5.41, 5.74) is 6.02. The maximum atomic E-state index is 12.3. The van der Waals surface area contributed by atoms with Gasteiger partial charge in [0, 0.05) is 37.1 Å². The summed E-state index contributed by atoms with van der Waals surface area (Å²) in [7, 11) is 0. The third-order valence-corrected chi connectivity index (χ3v) is 4.51. The largest absolute Gasteiger partial charge is 0.573 e. The Morgan fingerprint density at radius 1 is 1.21 bits per heavy atom.